The van der Waals surface area contributed by atoms with Crippen LogP contribution in [0.4, 0.5) is 5.13 Å². The Morgan fingerprint density at radius 2 is 1.86 bits per heavy atom. The van der Waals surface area contributed by atoms with Gasteiger partial charge >= 0.3 is 5.97 Å². The number of carboxylic acids is 1. The van der Waals surface area contributed by atoms with E-state index in [4.69, 9.17) is 42.2 Å². The number of halogens is 2. The van der Waals surface area contributed by atoms with Crippen molar-refractivity contribution < 1.29 is 23.9 Å². The molecule has 4 aromatic rings. The van der Waals surface area contributed by atoms with Crippen LogP contribution in [-0.4, -0.2) is 39.5 Å². The van der Waals surface area contributed by atoms with Crippen molar-refractivity contribution in [2.75, 3.05) is 5.32 Å². The number of anilines is 1. The van der Waals surface area contributed by atoms with Gasteiger partial charge in [-0.2, -0.15) is 0 Å². The summed E-state index contributed by atoms with van der Waals surface area (Å²) in [6, 6.07) is 9.00. The standard InChI is InChI=1S/C32H33Cl2N3O5S/c1-15(2)41-24-12-19(31(38)39)13-25-29(24)36-32(43-25)35-27-17-8-9-18(27)11-20(10-17)40-14-21-28(37-42-30(21)16-6-7-16)26-22(33)4-3-5-23(26)34/h3-5,12-13,15-18,20,27H,6-11,14H2,1-2H3,(H,35,36)(H,38,39)/t17-,18+,20-,27+. The van der Waals surface area contributed by atoms with Gasteiger partial charge in [-0.05, 0) is 88.5 Å². The maximum atomic E-state index is 11.7. The molecule has 2 aromatic carbocycles. The minimum atomic E-state index is -0.979. The van der Waals surface area contributed by atoms with Gasteiger partial charge in [0.15, 0.2) is 5.13 Å². The summed E-state index contributed by atoms with van der Waals surface area (Å²) in [7, 11) is 0. The number of aromatic carboxylic acids is 1. The van der Waals surface area contributed by atoms with Crippen molar-refractivity contribution in [3.63, 3.8) is 0 Å². The zero-order valence-electron chi connectivity index (χ0n) is 23.9. The number of hydrogen-bond acceptors (Lipinski definition) is 8. The van der Waals surface area contributed by atoms with Crippen LogP contribution in [0, 0.1) is 11.8 Å². The van der Waals surface area contributed by atoms with E-state index in [0.717, 1.165) is 59.7 Å². The Labute approximate surface area is 263 Å². The SMILES string of the molecule is CC(C)Oc1cc(C(=O)O)cc2sc(N[C@H]3[C@@H]4CC[C@H]3C[C@H](OCc3c(-c5c(Cl)cccc5Cl)noc3C3CC3)C4)nc12. The lowest BCUT2D eigenvalue weighted by molar-refractivity contribution is -0.00447. The fourth-order valence-electron chi connectivity index (χ4n) is 6.76. The Balaban J connectivity index is 1.06. The zero-order valence-corrected chi connectivity index (χ0v) is 26.3. The van der Waals surface area contributed by atoms with Gasteiger partial charge in [-0.3, -0.25) is 0 Å². The molecule has 0 spiro atoms. The van der Waals surface area contributed by atoms with Crippen molar-refractivity contribution in [1.82, 2.24) is 10.1 Å². The van der Waals surface area contributed by atoms with E-state index in [1.807, 2.05) is 32.0 Å². The van der Waals surface area contributed by atoms with Crippen LogP contribution in [0.25, 0.3) is 21.5 Å². The van der Waals surface area contributed by atoms with E-state index in [-0.39, 0.29) is 17.8 Å². The highest BCUT2D eigenvalue weighted by atomic mass is 35.5. The molecule has 2 aromatic heterocycles. The minimum Gasteiger partial charge on any atom is -0.489 e. The fraction of sp³-hybridized carbons (Fsp3) is 0.469. The van der Waals surface area contributed by atoms with Crippen LogP contribution >= 0.6 is 34.5 Å². The third-order valence-corrected chi connectivity index (χ3v) is 10.4. The molecule has 2 bridgehead atoms. The summed E-state index contributed by atoms with van der Waals surface area (Å²) in [4.78, 5) is 16.6. The molecule has 0 amide bonds. The third kappa shape index (κ3) is 5.72. The number of nitrogens with zero attached hydrogens (tertiary/aromatic N) is 2. The Hall–Kier alpha value is -2.85. The van der Waals surface area contributed by atoms with Crippen molar-refractivity contribution in [3.8, 4) is 17.0 Å². The first kappa shape index (κ1) is 28.9. The number of carboxylic acid groups (broad SMARTS) is 1. The van der Waals surface area contributed by atoms with E-state index in [0.29, 0.717) is 63.0 Å². The Morgan fingerprint density at radius 3 is 2.51 bits per heavy atom. The van der Waals surface area contributed by atoms with E-state index in [1.165, 1.54) is 11.3 Å². The maximum absolute atomic E-state index is 11.7. The minimum absolute atomic E-state index is 0.0904. The molecule has 2 heterocycles. The van der Waals surface area contributed by atoms with E-state index < -0.39 is 5.97 Å². The smallest absolute Gasteiger partial charge is 0.335 e. The molecule has 0 unspecified atom stereocenters. The Morgan fingerprint density at radius 1 is 1.14 bits per heavy atom. The molecule has 3 aliphatic rings. The van der Waals surface area contributed by atoms with Gasteiger partial charge in [-0.1, -0.05) is 45.8 Å². The maximum Gasteiger partial charge on any atom is 0.335 e. The number of carbonyl (C=O) groups is 1. The molecule has 0 saturated heterocycles. The number of ether oxygens (including phenoxy) is 2. The van der Waals surface area contributed by atoms with Gasteiger partial charge in [0.25, 0.3) is 0 Å². The van der Waals surface area contributed by atoms with Gasteiger partial charge in [0.1, 0.15) is 22.7 Å². The summed E-state index contributed by atoms with van der Waals surface area (Å²) in [5.41, 5.74) is 3.23. The lowest BCUT2D eigenvalue weighted by atomic mass is 9.82. The van der Waals surface area contributed by atoms with Crippen LogP contribution in [0.5, 0.6) is 5.75 Å². The van der Waals surface area contributed by atoms with Gasteiger partial charge in [0, 0.05) is 23.1 Å². The number of fused-ring (bicyclic) bond motifs is 3. The van der Waals surface area contributed by atoms with E-state index in [9.17, 15) is 9.90 Å². The van der Waals surface area contributed by atoms with Gasteiger partial charge in [0.2, 0.25) is 0 Å². The summed E-state index contributed by atoms with van der Waals surface area (Å²) in [5.74, 6) is 1.72. The molecular weight excluding hydrogens is 609 g/mol. The van der Waals surface area contributed by atoms with Crippen LogP contribution < -0.4 is 10.1 Å². The first-order valence-corrected chi connectivity index (χ1v) is 16.5. The summed E-state index contributed by atoms with van der Waals surface area (Å²) in [5, 5.41) is 19.6. The normalized spacial score (nSPS) is 23.3. The highest BCUT2D eigenvalue weighted by Crippen LogP contribution is 2.48. The van der Waals surface area contributed by atoms with Crippen LogP contribution in [0.15, 0.2) is 34.9 Å². The summed E-state index contributed by atoms with van der Waals surface area (Å²) in [6.07, 6.45) is 6.41. The predicted octanol–water partition coefficient (Wildman–Crippen LogP) is 8.81. The number of rotatable bonds is 10. The average molecular weight is 643 g/mol. The largest absolute Gasteiger partial charge is 0.489 e. The second-order valence-corrected chi connectivity index (χ2v) is 14.1. The van der Waals surface area contributed by atoms with E-state index in [1.54, 1.807) is 12.1 Å². The molecule has 4 atom stereocenters. The van der Waals surface area contributed by atoms with Crippen LogP contribution in [-0.2, 0) is 11.3 Å². The monoisotopic (exact) mass is 641 g/mol. The summed E-state index contributed by atoms with van der Waals surface area (Å²) < 4.78 is 19.2. The third-order valence-electron chi connectivity index (χ3n) is 8.84. The highest BCUT2D eigenvalue weighted by Gasteiger charge is 2.44. The molecule has 0 aliphatic heterocycles. The van der Waals surface area contributed by atoms with Crippen LogP contribution in [0.3, 0.4) is 0 Å². The molecule has 3 fully saturated rings. The number of aromatic nitrogens is 2. The number of thiazole rings is 1. The van der Waals surface area contributed by atoms with Gasteiger partial charge in [0.05, 0.1) is 39.1 Å². The zero-order chi connectivity index (χ0) is 29.8. The molecule has 43 heavy (non-hydrogen) atoms. The molecule has 2 N–H and O–H groups in total. The predicted molar refractivity (Wildman–Crippen MR) is 168 cm³/mol. The van der Waals surface area contributed by atoms with Gasteiger partial charge in [-0.15, -0.1) is 0 Å². The van der Waals surface area contributed by atoms with Crippen molar-refractivity contribution in [2.24, 2.45) is 11.8 Å². The lowest BCUT2D eigenvalue weighted by Crippen LogP contribution is -2.39. The first-order valence-electron chi connectivity index (χ1n) is 14.9. The molecule has 226 valence electrons. The Bertz CT molecular complexity index is 1650. The molecule has 8 nitrogen and oxygen atoms in total. The van der Waals surface area contributed by atoms with Crippen LogP contribution in [0.2, 0.25) is 10.0 Å². The van der Waals surface area contributed by atoms with E-state index >= 15 is 0 Å². The van der Waals surface area contributed by atoms with Crippen molar-refractivity contribution in [3.05, 3.63) is 57.3 Å². The molecule has 0 radical (unpaired) electrons. The number of nitrogens with one attached hydrogen (secondary N) is 1. The number of benzene rings is 2. The average Bonchev–Trinajstić information content (AvgIpc) is 3.52. The van der Waals surface area contributed by atoms with Crippen LogP contribution in [0.1, 0.15) is 80.0 Å². The molecule has 11 heteroatoms. The van der Waals surface area contributed by atoms with Gasteiger partial charge < -0.3 is 24.4 Å². The fourth-order valence-corrected chi connectivity index (χ4v) is 8.31. The lowest BCUT2D eigenvalue weighted by Gasteiger charge is -2.35. The van der Waals surface area contributed by atoms with Gasteiger partial charge in [-0.25, -0.2) is 9.78 Å². The van der Waals surface area contributed by atoms with Crippen molar-refractivity contribution >= 4 is 55.9 Å². The molecular formula is C32H33Cl2N3O5S. The van der Waals surface area contributed by atoms with E-state index in [2.05, 4.69) is 10.5 Å². The molecule has 7 rings (SSSR count). The second-order valence-electron chi connectivity index (χ2n) is 12.2. The molecule has 3 aliphatic carbocycles. The number of hydrogen-bond donors (Lipinski definition) is 2. The quantitative estimate of drug-likeness (QED) is 0.177. The molecule has 3 saturated carbocycles. The first-order chi connectivity index (χ1) is 20.7. The van der Waals surface area contributed by atoms with Crippen molar-refractivity contribution in [2.45, 2.75) is 83.1 Å². The highest BCUT2D eigenvalue weighted by molar-refractivity contribution is 7.22. The summed E-state index contributed by atoms with van der Waals surface area (Å²) >= 11 is 14.6. The van der Waals surface area contributed by atoms with Crippen molar-refractivity contribution in [1.29, 1.82) is 0 Å². The topological polar surface area (TPSA) is 107 Å². The Kier molecular flexibility index (Phi) is 7.78. The second kappa shape index (κ2) is 11.6. The summed E-state index contributed by atoms with van der Waals surface area (Å²) in [6.45, 7) is 4.26.